The lowest BCUT2D eigenvalue weighted by molar-refractivity contribution is -0.159. The fourth-order valence-corrected chi connectivity index (χ4v) is 3.78. The highest BCUT2D eigenvalue weighted by molar-refractivity contribution is 5.68. The largest absolute Gasteiger partial charge is 0.369 e. The van der Waals surface area contributed by atoms with E-state index in [1.807, 2.05) is 0 Å². The number of hydrogen-bond donors (Lipinski definition) is 0. The van der Waals surface area contributed by atoms with Crippen LogP contribution in [0.25, 0.3) is 5.57 Å². The zero-order valence-electron chi connectivity index (χ0n) is 14.0. The minimum Gasteiger partial charge on any atom is -0.369 e. The van der Waals surface area contributed by atoms with Gasteiger partial charge in [-0.3, -0.25) is 0 Å². The lowest BCUT2D eigenvalue weighted by Gasteiger charge is -2.34. The smallest absolute Gasteiger partial charge is 0.172 e. The van der Waals surface area contributed by atoms with Crippen LogP contribution in [0.15, 0.2) is 30.3 Å². The van der Waals surface area contributed by atoms with Crippen LogP contribution in [-0.2, 0) is 9.47 Å². The van der Waals surface area contributed by atoms with E-state index in [0.717, 1.165) is 58.7 Å². The molecular formula is C19H26N2O2. The third-order valence-electron chi connectivity index (χ3n) is 5.35. The minimum absolute atomic E-state index is 0.316. The molecular weight excluding hydrogens is 288 g/mol. The van der Waals surface area contributed by atoms with Gasteiger partial charge in [0.15, 0.2) is 5.79 Å². The number of benzene rings is 1. The first-order valence-electron chi connectivity index (χ1n) is 8.75. The van der Waals surface area contributed by atoms with Gasteiger partial charge in [0.1, 0.15) is 0 Å². The van der Waals surface area contributed by atoms with E-state index in [9.17, 15) is 0 Å². The van der Waals surface area contributed by atoms with Crippen LogP contribution in [0, 0.1) is 0 Å². The Bertz CT molecular complexity index is 568. The van der Waals surface area contributed by atoms with Gasteiger partial charge in [-0.15, -0.1) is 0 Å². The normalized spacial score (nSPS) is 24.9. The summed E-state index contributed by atoms with van der Waals surface area (Å²) in [6.07, 6.45) is 5.19. The Morgan fingerprint density at radius 2 is 1.65 bits per heavy atom. The van der Waals surface area contributed by atoms with Crippen molar-refractivity contribution in [2.75, 3.05) is 51.3 Å². The SMILES string of the molecule is CN1CCN(c2ccc(C3=CCC4(CC3)OCCO4)cc2)CC1. The predicted molar refractivity (Wildman–Crippen MR) is 92.6 cm³/mol. The van der Waals surface area contributed by atoms with Gasteiger partial charge in [0, 0.05) is 44.7 Å². The molecule has 2 saturated heterocycles. The maximum atomic E-state index is 5.80. The number of likely N-dealkylation sites (N-methyl/N-ethyl adjacent to an activating group) is 1. The van der Waals surface area contributed by atoms with Crippen molar-refractivity contribution in [1.29, 1.82) is 0 Å². The van der Waals surface area contributed by atoms with Gasteiger partial charge in [-0.25, -0.2) is 0 Å². The number of allylic oxidation sites excluding steroid dienone is 1. The quantitative estimate of drug-likeness (QED) is 0.838. The third kappa shape index (κ3) is 3.16. The second-order valence-electron chi connectivity index (χ2n) is 6.88. The average Bonchev–Trinajstić information content (AvgIpc) is 3.05. The molecule has 23 heavy (non-hydrogen) atoms. The van der Waals surface area contributed by atoms with Crippen molar-refractivity contribution in [2.24, 2.45) is 0 Å². The van der Waals surface area contributed by atoms with Crippen LogP contribution in [0.1, 0.15) is 24.8 Å². The maximum Gasteiger partial charge on any atom is 0.172 e. The van der Waals surface area contributed by atoms with Gasteiger partial charge in [-0.1, -0.05) is 18.2 Å². The van der Waals surface area contributed by atoms with E-state index in [0.29, 0.717) is 0 Å². The number of rotatable bonds is 2. The molecule has 4 rings (SSSR count). The predicted octanol–water partition coefficient (Wildman–Crippen LogP) is 2.75. The van der Waals surface area contributed by atoms with Crippen molar-refractivity contribution >= 4 is 11.3 Å². The molecule has 1 spiro atoms. The molecule has 0 bridgehead atoms. The van der Waals surface area contributed by atoms with Crippen LogP contribution < -0.4 is 4.90 Å². The molecule has 2 aliphatic heterocycles. The third-order valence-corrected chi connectivity index (χ3v) is 5.35. The van der Waals surface area contributed by atoms with Crippen molar-refractivity contribution in [3.8, 4) is 0 Å². The van der Waals surface area contributed by atoms with E-state index in [1.54, 1.807) is 0 Å². The van der Waals surface area contributed by atoms with E-state index in [2.05, 4.69) is 47.2 Å². The highest BCUT2D eigenvalue weighted by atomic mass is 16.7. The second kappa shape index (κ2) is 6.27. The molecule has 2 heterocycles. The summed E-state index contributed by atoms with van der Waals surface area (Å²) < 4.78 is 11.6. The highest BCUT2D eigenvalue weighted by Gasteiger charge is 2.37. The van der Waals surface area contributed by atoms with Gasteiger partial charge in [-0.2, -0.15) is 0 Å². The molecule has 0 N–H and O–H groups in total. The van der Waals surface area contributed by atoms with Gasteiger partial charge >= 0.3 is 0 Å². The molecule has 4 nitrogen and oxygen atoms in total. The molecule has 3 aliphatic rings. The molecule has 1 aromatic carbocycles. The summed E-state index contributed by atoms with van der Waals surface area (Å²) in [4.78, 5) is 4.87. The first-order chi connectivity index (χ1) is 11.2. The molecule has 0 unspecified atom stereocenters. The van der Waals surface area contributed by atoms with Crippen LogP contribution in [0.4, 0.5) is 5.69 Å². The second-order valence-corrected chi connectivity index (χ2v) is 6.88. The fourth-order valence-electron chi connectivity index (χ4n) is 3.78. The van der Waals surface area contributed by atoms with Crippen LogP contribution >= 0.6 is 0 Å². The van der Waals surface area contributed by atoms with Crippen molar-refractivity contribution in [1.82, 2.24) is 4.90 Å². The zero-order chi connectivity index (χ0) is 15.7. The molecule has 1 aliphatic carbocycles. The molecule has 124 valence electrons. The van der Waals surface area contributed by atoms with E-state index in [-0.39, 0.29) is 5.79 Å². The van der Waals surface area contributed by atoms with Crippen LogP contribution in [0.2, 0.25) is 0 Å². The number of piperazine rings is 1. The summed E-state index contributed by atoms with van der Waals surface area (Å²) in [7, 11) is 2.19. The molecule has 0 radical (unpaired) electrons. The monoisotopic (exact) mass is 314 g/mol. The molecule has 2 fully saturated rings. The maximum absolute atomic E-state index is 5.80. The number of nitrogens with zero attached hydrogens (tertiary/aromatic N) is 2. The standard InChI is InChI=1S/C19H26N2O2/c1-20-10-12-21(13-11-20)18-4-2-16(3-5-18)17-6-8-19(9-7-17)22-14-15-23-19/h2-6H,7-15H2,1H3. The fraction of sp³-hybridized carbons (Fsp3) is 0.579. The van der Waals surface area contributed by atoms with Crippen LogP contribution in [-0.4, -0.2) is 57.1 Å². The van der Waals surface area contributed by atoms with Gasteiger partial charge in [-0.05, 0) is 36.7 Å². The number of anilines is 1. The molecule has 0 aromatic heterocycles. The van der Waals surface area contributed by atoms with Gasteiger partial charge in [0.2, 0.25) is 0 Å². The summed E-state index contributed by atoms with van der Waals surface area (Å²) in [5, 5.41) is 0. The molecule has 0 saturated carbocycles. The molecule has 4 heteroatoms. The Hall–Kier alpha value is -1.36. The highest BCUT2D eigenvalue weighted by Crippen LogP contribution is 2.38. The zero-order valence-corrected chi connectivity index (χ0v) is 14.0. The van der Waals surface area contributed by atoms with E-state index < -0.39 is 0 Å². The van der Waals surface area contributed by atoms with Crippen molar-refractivity contribution in [3.05, 3.63) is 35.9 Å². The van der Waals surface area contributed by atoms with Gasteiger partial charge < -0.3 is 19.3 Å². The Kier molecular flexibility index (Phi) is 4.14. The minimum atomic E-state index is -0.316. The lowest BCUT2D eigenvalue weighted by Crippen LogP contribution is -2.44. The molecule has 0 atom stereocenters. The average molecular weight is 314 g/mol. The van der Waals surface area contributed by atoms with Crippen LogP contribution in [0.3, 0.4) is 0 Å². The molecule has 0 amide bonds. The molecule has 1 aromatic rings. The Balaban J connectivity index is 1.43. The topological polar surface area (TPSA) is 24.9 Å². The van der Waals surface area contributed by atoms with E-state index >= 15 is 0 Å². The van der Waals surface area contributed by atoms with Crippen LogP contribution in [0.5, 0.6) is 0 Å². The van der Waals surface area contributed by atoms with E-state index in [4.69, 9.17) is 9.47 Å². The Morgan fingerprint density at radius 3 is 2.26 bits per heavy atom. The Morgan fingerprint density at radius 1 is 0.957 bits per heavy atom. The summed E-state index contributed by atoms with van der Waals surface area (Å²) in [6.45, 7) is 6.02. The van der Waals surface area contributed by atoms with Crippen molar-refractivity contribution in [3.63, 3.8) is 0 Å². The number of ether oxygens (including phenoxy) is 2. The summed E-state index contributed by atoms with van der Waals surface area (Å²) in [5.74, 6) is -0.316. The summed E-state index contributed by atoms with van der Waals surface area (Å²) in [5.41, 5.74) is 4.12. The summed E-state index contributed by atoms with van der Waals surface area (Å²) in [6, 6.07) is 9.09. The Labute approximate surface area is 138 Å². The van der Waals surface area contributed by atoms with Gasteiger partial charge in [0.25, 0.3) is 0 Å². The van der Waals surface area contributed by atoms with Crippen molar-refractivity contribution < 1.29 is 9.47 Å². The van der Waals surface area contributed by atoms with E-state index in [1.165, 1.54) is 16.8 Å². The number of hydrogen-bond acceptors (Lipinski definition) is 4. The first kappa shape index (κ1) is 15.2. The van der Waals surface area contributed by atoms with Crippen molar-refractivity contribution in [2.45, 2.75) is 25.0 Å². The first-order valence-corrected chi connectivity index (χ1v) is 8.75. The lowest BCUT2D eigenvalue weighted by atomic mass is 9.90. The summed E-state index contributed by atoms with van der Waals surface area (Å²) >= 11 is 0. The van der Waals surface area contributed by atoms with Gasteiger partial charge in [0.05, 0.1) is 13.2 Å².